The van der Waals surface area contributed by atoms with E-state index in [-0.39, 0.29) is 18.6 Å². The van der Waals surface area contributed by atoms with Gasteiger partial charge in [0.1, 0.15) is 6.04 Å². The molecular formula is C10H20N2O3. The summed E-state index contributed by atoms with van der Waals surface area (Å²) < 4.78 is 10.3. The lowest BCUT2D eigenvalue weighted by atomic mass is 10.1. The summed E-state index contributed by atoms with van der Waals surface area (Å²) >= 11 is 0. The van der Waals surface area contributed by atoms with E-state index in [0.29, 0.717) is 6.54 Å². The van der Waals surface area contributed by atoms with Crippen molar-refractivity contribution in [3.8, 4) is 0 Å². The van der Waals surface area contributed by atoms with Crippen LogP contribution in [0.15, 0.2) is 0 Å². The first-order valence-electron chi connectivity index (χ1n) is 5.38. The number of hydrogen-bond acceptors (Lipinski definition) is 4. The number of rotatable bonds is 5. The number of carbonyl (C=O) groups excluding carboxylic acids is 1. The SMILES string of the molecule is COCC(N)C(=O)NCC1CCCCO1. The van der Waals surface area contributed by atoms with Gasteiger partial charge in [0, 0.05) is 20.3 Å². The summed E-state index contributed by atoms with van der Waals surface area (Å²) in [6.45, 7) is 1.60. The molecule has 0 aromatic heterocycles. The Bertz CT molecular complexity index is 193. The second kappa shape index (κ2) is 6.76. The smallest absolute Gasteiger partial charge is 0.239 e. The van der Waals surface area contributed by atoms with Gasteiger partial charge in [-0.05, 0) is 19.3 Å². The number of ether oxygens (including phenoxy) is 2. The van der Waals surface area contributed by atoms with Crippen LogP contribution in [-0.4, -0.2) is 44.9 Å². The van der Waals surface area contributed by atoms with Gasteiger partial charge < -0.3 is 20.5 Å². The van der Waals surface area contributed by atoms with Crippen molar-refractivity contribution >= 4 is 5.91 Å². The van der Waals surface area contributed by atoms with Crippen LogP contribution in [0.2, 0.25) is 0 Å². The highest BCUT2D eigenvalue weighted by Gasteiger charge is 2.17. The van der Waals surface area contributed by atoms with Gasteiger partial charge in [0.15, 0.2) is 0 Å². The Labute approximate surface area is 90.3 Å². The molecule has 0 bridgehead atoms. The van der Waals surface area contributed by atoms with Gasteiger partial charge in [-0.3, -0.25) is 4.79 Å². The van der Waals surface area contributed by atoms with Crippen LogP contribution in [0.3, 0.4) is 0 Å². The van der Waals surface area contributed by atoms with Crippen molar-refractivity contribution in [3.63, 3.8) is 0 Å². The molecule has 0 radical (unpaired) electrons. The lowest BCUT2D eigenvalue weighted by Crippen LogP contribution is -2.46. The van der Waals surface area contributed by atoms with Gasteiger partial charge in [-0.1, -0.05) is 0 Å². The molecule has 0 aromatic carbocycles. The third-order valence-electron chi connectivity index (χ3n) is 2.46. The maximum atomic E-state index is 11.4. The molecule has 0 saturated carbocycles. The molecular weight excluding hydrogens is 196 g/mol. The van der Waals surface area contributed by atoms with E-state index in [1.807, 2.05) is 0 Å². The Hall–Kier alpha value is -0.650. The molecule has 1 heterocycles. The topological polar surface area (TPSA) is 73.6 Å². The van der Waals surface area contributed by atoms with Crippen molar-refractivity contribution in [2.75, 3.05) is 26.9 Å². The minimum Gasteiger partial charge on any atom is -0.383 e. The molecule has 5 nitrogen and oxygen atoms in total. The van der Waals surface area contributed by atoms with Crippen molar-refractivity contribution in [1.29, 1.82) is 0 Å². The summed E-state index contributed by atoms with van der Waals surface area (Å²) in [5.74, 6) is -0.175. The molecule has 3 N–H and O–H groups in total. The number of methoxy groups -OCH3 is 1. The van der Waals surface area contributed by atoms with E-state index in [0.717, 1.165) is 19.4 Å². The van der Waals surface area contributed by atoms with Gasteiger partial charge in [0.05, 0.1) is 12.7 Å². The van der Waals surface area contributed by atoms with Gasteiger partial charge in [-0.2, -0.15) is 0 Å². The fourth-order valence-electron chi connectivity index (χ4n) is 1.57. The predicted molar refractivity (Wildman–Crippen MR) is 56.5 cm³/mol. The van der Waals surface area contributed by atoms with E-state index < -0.39 is 6.04 Å². The van der Waals surface area contributed by atoms with Gasteiger partial charge in [-0.25, -0.2) is 0 Å². The fraction of sp³-hybridized carbons (Fsp3) is 0.900. The van der Waals surface area contributed by atoms with Crippen LogP contribution in [0.1, 0.15) is 19.3 Å². The highest BCUT2D eigenvalue weighted by Crippen LogP contribution is 2.11. The van der Waals surface area contributed by atoms with E-state index in [2.05, 4.69) is 5.32 Å². The molecule has 2 atom stereocenters. The number of amides is 1. The van der Waals surface area contributed by atoms with E-state index in [1.165, 1.54) is 13.5 Å². The van der Waals surface area contributed by atoms with Crippen LogP contribution >= 0.6 is 0 Å². The average Bonchev–Trinajstić information content (AvgIpc) is 2.27. The van der Waals surface area contributed by atoms with E-state index in [4.69, 9.17) is 15.2 Å². The first-order chi connectivity index (χ1) is 7.24. The van der Waals surface area contributed by atoms with E-state index in [9.17, 15) is 4.79 Å². The van der Waals surface area contributed by atoms with Crippen LogP contribution in [0.5, 0.6) is 0 Å². The van der Waals surface area contributed by atoms with Crippen molar-refractivity contribution in [3.05, 3.63) is 0 Å². The molecule has 0 aliphatic carbocycles. The Morgan fingerprint density at radius 1 is 1.67 bits per heavy atom. The van der Waals surface area contributed by atoms with Gasteiger partial charge in [0.25, 0.3) is 0 Å². The average molecular weight is 216 g/mol. The normalized spacial score (nSPS) is 23.5. The third-order valence-corrected chi connectivity index (χ3v) is 2.46. The quantitative estimate of drug-likeness (QED) is 0.658. The summed E-state index contributed by atoms with van der Waals surface area (Å²) in [6, 6.07) is -0.585. The van der Waals surface area contributed by atoms with E-state index in [1.54, 1.807) is 0 Å². The molecule has 0 aromatic rings. The summed E-state index contributed by atoms with van der Waals surface area (Å²) in [5.41, 5.74) is 5.57. The Balaban J connectivity index is 2.14. The van der Waals surface area contributed by atoms with Gasteiger partial charge in [-0.15, -0.1) is 0 Å². The summed E-state index contributed by atoms with van der Waals surface area (Å²) in [6.07, 6.45) is 3.45. The van der Waals surface area contributed by atoms with Crippen molar-refractivity contribution in [2.24, 2.45) is 5.73 Å². The van der Waals surface area contributed by atoms with Crippen molar-refractivity contribution in [1.82, 2.24) is 5.32 Å². The van der Waals surface area contributed by atoms with Crippen LogP contribution in [0.4, 0.5) is 0 Å². The molecule has 1 fully saturated rings. The molecule has 1 rings (SSSR count). The number of hydrogen-bond donors (Lipinski definition) is 2. The minimum absolute atomic E-state index is 0.150. The highest BCUT2D eigenvalue weighted by atomic mass is 16.5. The monoisotopic (exact) mass is 216 g/mol. The van der Waals surface area contributed by atoms with Crippen LogP contribution in [0.25, 0.3) is 0 Å². The number of nitrogens with two attached hydrogens (primary N) is 1. The second-order valence-electron chi connectivity index (χ2n) is 3.80. The molecule has 1 aliphatic heterocycles. The highest BCUT2D eigenvalue weighted by molar-refractivity contribution is 5.81. The molecule has 5 heteroatoms. The first-order valence-corrected chi connectivity index (χ1v) is 5.38. The lowest BCUT2D eigenvalue weighted by Gasteiger charge is -2.23. The Kier molecular flexibility index (Phi) is 5.60. The molecule has 1 saturated heterocycles. The summed E-state index contributed by atoms with van der Waals surface area (Å²) in [5, 5.41) is 2.77. The van der Waals surface area contributed by atoms with Crippen LogP contribution in [0, 0.1) is 0 Å². The molecule has 1 aliphatic rings. The van der Waals surface area contributed by atoms with Gasteiger partial charge in [0.2, 0.25) is 5.91 Å². The molecule has 88 valence electrons. The maximum Gasteiger partial charge on any atom is 0.239 e. The Morgan fingerprint density at radius 2 is 2.47 bits per heavy atom. The largest absolute Gasteiger partial charge is 0.383 e. The summed E-state index contributed by atoms with van der Waals surface area (Å²) in [4.78, 5) is 11.4. The number of carbonyl (C=O) groups is 1. The zero-order valence-corrected chi connectivity index (χ0v) is 9.20. The van der Waals surface area contributed by atoms with Crippen molar-refractivity contribution < 1.29 is 14.3 Å². The maximum absolute atomic E-state index is 11.4. The first kappa shape index (κ1) is 12.4. The van der Waals surface area contributed by atoms with E-state index >= 15 is 0 Å². The summed E-state index contributed by atoms with van der Waals surface area (Å²) in [7, 11) is 1.53. The molecule has 2 unspecified atom stereocenters. The zero-order chi connectivity index (χ0) is 11.1. The predicted octanol–water partition coefficient (Wildman–Crippen LogP) is -0.355. The van der Waals surface area contributed by atoms with Crippen LogP contribution in [-0.2, 0) is 14.3 Å². The molecule has 1 amide bonds. The standard InChI is InChI=1S/C10H20N2O3/c1-14-7-9(11)10(13)12-6-8-4-2-3-5-15-8/h8-9H,2-7,11H2,1H3,(H,12,13). The number of nitrogens with one attached hydrogen (secondary N) is 1. The van der Waals surface area contributed by atoms with Crippen LogP contribution < -0.4 is 11.1 Å². The second-order valence-corrected chi connectivity index (χ2v) is 3.80. The van der Waals surface area contributed by atoms with Crippen molar-refractivity contribution in [2.45, 2.75) is 31.4 Å². The third kappa shape index (κ3) is 4.59. The van der Waals surface area contributed by atoms with Gasteiger partial charge >= 0.3 is 0 Å². The minimum atomic E-state index is -0.585. The molecule has 0 spiro atoms. The fourth-order valence-corrected chi connectivity index (χ4v) is 1.57. The molecule has 15 heavy (non-hydrogen) atoms. The lowest BCUT2D eigenvalue weighted by molar-refractivity contribution is -0.124. The zero-order valence-electron chi connectivity index (χ0n) is 9.20. The Morgan fingerprint density at radius 3 is 3.07 bits per heavy atom.